The topological polar surface area (TPSA) is 72.2 Å². The summed E-state index contributed by atoms with van der Waals surface area (Å²) in [6.07, 6.45) is 8.34. The van der Waals surface area contributed by atoms with Crippen molar-refractivity contribution in [3.8, 4) is 0 Å². The third-order valence-electron chi connectivity index (χ3n) is 6.96. The maximum absolute atomic E-state index is 12.2. The fourth-order valence-electron chi connectivity index (χ4n) is 4.66. The average Bonchev–Trinajstić information content (AvgIpc) is 3.27. The Hall–Kier alpha value is -2.76. The molecule has 2 aliphatic rings. The zero-order valence-electron chi connectivity index (χ0n) is 16.7. The van der Waals surface area contributed by atoms with Crippen molar-refractivity contribution in [3.63, 3.8) is 0 Å². The molecule has 2 aliphatic carbocycles. The van der Waals surface area contributed by atoms with Crippen molar-refractivity contribution >= 4 is 17.7 Å². The summed E-state index contributed by atoms with van der Waals surface area (Å²) < 4.78 is 1.76. The van der Waals surface area contributed by atoms with Crippen LogP contribution in [-0.4, -0.2) is 26.6 Å². The van der Waals surface area contributed by atoms with E-state index in [0.717, 1.165) is 24.1 Å². The van der Waals surface area contributed by atoms with Crippen molar-refractivity contribution in [3.05, 3.63) is 53.9 Å². The van der Waals surface area contributed by atoms with Crippen molar-refractivity contribution in [2.24, 2.45) is 21.8 Å². The highest BCUT2D eigenvalue weighted by Gasteiger charge is 2.59. The van der Waals surface area contributed by atoms with Crippen molar-refractivity contribution in [1.82, 2.24) is 20.4 Å². The maximum atomic E-state index is 12.2. The summed E-state index contributed by atoms with van der Waals surface area (Å²) >= 11 is 0. The maximum Gasteiger partial charge on any atom is 0.264 e. The molecule has 1 N–H and O–H groups in total. The van der Waals surface area contributed by atoms with Gasteiger partial charge in [-0.05, 0) is 42.2 Å². The number of amides is 1. The van der Waals surface area contributed by atoms with Gasteiger partial charge in [0, 0.05) is 17.2 Å². The number of nitrogens with one attached hydrogen (secondary N) is 1. The van der Waals surface area contributed by atoms with E-state index in [4.69, 9.17) is 0 Å². The molecule has 2 aromatic rings. The lowest BCUT2D eigenvalue weighted by Crippen LogP contribution is -2.34. The number of aromatic nitrogens is 3. The van der Waals surface area contributed by atoms with E-state index in [1.807, 2.05) is 36.5 Å². The number of rotatable bonds is 5. The van der Waals surface area contributed by atoms with Gasteiger partial charge in [0.25, 0.3) is 5.91 Å². The largest absolute Gasteiger partial charge is 0.268 e. The number of hydrazone groups is 1. The summed E-state index contributed by atoms with van der Waals surface area (Å²) in [6, 6.07) is 10.1. The Balaban J connectivity index is 1.35. The molecular weight excluding hydrogens is 350 g/mol. The van der Waals surface area contributed by atoms with Crippen LogP contribution in [0, 0.1) is 16.7 Å². The van der Waals surface area contributed by atoms with Gasteiger partial charge in [0.15, 0.2) is 0 Å². The second-order valence-electron chi connectivity index (χ2n) is 8.69. The molecule has 1 aromatic carbocycles. The number of carbonyl (C=O) groups excluding carboxylic acids is 1. The van der Waals surface area contributed by atoms with Crippen LogP contribution in [-0.2, 0) is 11.3 Å². The van der Waals surface area contributed by atoms with Gasteiger partial charge >= 0.3 is 0 Å². The molecule has 2 saturated carbocycles. The predicted octanol–water partition coefficient (Wildman–Crippen LogP) is 3.66. The molecule has 2 bridgehead atoms. The molecular formula is C22H27N5O. The number of fused-ring (bicyclic) bond motifs is 2. The van der Waals surface area contributed by atoms with Crippen molar-refractivity contribution in [1.29, 1.82) is 0 Å². The summed E-state index contributed by atoms with van der Waals surface area (Å²) in [6.45, 7) is 7.59. The van der Waals surface area contributed by atoms with Gasteiger partial charge in [0.2, 0.25) is 0 Å². The van der Waals surface area contributed by atoms with Crippen LogP contribution in [0.2, 0.25) is 0 Å². The van der Waals surface area contributed by atoms with Crippen LogP contribution in [0.5, 0.6) is 0 Å². The molecule has 0 unspecified atom stereocenters. The minimum absolute atomic E-state index is 0.0921. The standard InChI is InChI=1S/C22H27N5O/c1-21(2)17-11-12-22(21,3)19(13-17)24-25-20(28)10-9-18-15-27(26-23-18)14-16-7-5-4-6-8-16/h4-10,15,17H,11-14H2,1-3H3,(H,25,28)/b10-9+,24-19+/t17-,22-/m0/s1. The van der Waals surface area contributed by atoms with Crippen LogP contribution in [0.4, 0.5) is 0 Å². The third-order valence-corrected chi connectivity index (χ3v) is 6.96. The first-order valence-electron chi connectivity index (χ1n) is 9.88. The minimum atomic E-state index is -0.241. The summed E-state index contributed by atoms with van der Waals surface area (Å²) in [7, 11) is 0. The zero-order valence-corrected chi connectivity index (χ0v) is 16.7. The minimum Gasteiger partial charge on any atom is -0.268 e. The number of hydrogen-bond donors (Lipinski definition) is 1. The second kappa shape index (κ2) is 7.00. The van der Waals surface area contributed by atoms with Gasteiger partial charge in [-0.1, -0.05) is 56.3 Å². The van der Waals surface area contributed by atoms with Crippen molar-refractivity contribution in [2.45, 2.75) is 46.6 Å². The molecule has 1 amide bonds. The van der Waals surface area contributed by atoms with Gasteiger partial charge in [0.1, 0.15) is 5.69 Å². The summed E-state index contributed by atoms with van der Waals surface area (Å²) in [5, 5.41) is 12.7. The van der Waals surface area contributed by atoms with E-state index < -0.39 is 0 Å². The van der Waals surface area contributed by atoms with Crippen LogP contribution in [0.25, 0.3) is 6.08 Å². The molecule has 0 radical (unpaired) electrons. The summed E-state index contributed by atoms with van der Waals surface area (Å²) in [5.41, 5.74) is 5.97. The van der Waals surface area contributed by atoms with E-state index in [-0.39, 0.29) is 16.7 Å². The van der Waals surface area contributed by atoms with E-state index in [1.165, 1.54) is 12.5 Å². The number of hydrogen-bond acceptors (Lipinski definition) is 4. The third kappa shape index (κ3) is 3.28. The molecule has 4 rings (SSSR count). The second-order valence-corrected chi connectivity index (χ2v) is 8.69. The quantitative estimate of drug-likeness (QED) is 0.638. The first-order valence-corrected chi connectivity index (χ1v) is 9.88. The molecule has 1 heterocycles. The Kier molecular flexibility index (Phi) is 4.65. The first-order chi connectivity index (χ1) is 13.4. The van der Waals surface area contributed by atoms with Gasteiger partial charge in [-0.2, -0.15) is 5.10 Å². The van der Waals surface area contributed by atoms with Gasteiger partial charge in [-0.15, -0.1) is 5.10 Å². The summed E-state index contributed by atoms with van der Waals surface area (Å²) in [4.78, 5) is 12.2. The highest BCUT2D eigenvalue weighted by molar-refractivity contribution is 5.97. The molecule has 1 aromatic heterocycles. The molecule has 6 heteroatoms. The van der Waals surface area contributed by atoms with Crippen LogP contribution < -0.4 is 5.43 Å². The number of carbonyl (C=O) groups is 1. The predicted molar refractivity (Wildman–Crippen MR) is 109 cm³/mol. The highest BCUT2D eigenvalue weighted by atomic mass is 16.2. The van der Waals surface area contributed by atoms with Crippen LogP contribution in [0.1, 0.15) is 51.3 Å². The van der Waals surface area contributed by atoms with Gasteiger partial charge < -0.3 is 0 Å². The molecule has 2 atom stereocenters. The Bertz CT molecular complexity index is 927. The van der Waals surface area contributed by atoms with Crippen molar-refractivity contribution in [2.75, 3.05) is 0 Å². The lowest BCUT2D eigenvalue weighted by Gasteiger charge is -2.34. The Morgan fingerprint density at radius 3 is 2.79 bits per heavy atom. The van der Waals surface area contributed by atoms with E-state index in [2.05, 4.69) is 41.6 Å². The van der Waals surface area contributed by atoms with E-state index in [1.54, 1.807) is 10.8 Å². The highest BCUT2D eigenvalue weighted by Crippen LogP contribution is 2.63. The SMILES string of the molecule is CC1(C)[C@H]2CC[C@@]1(C)/C(=N/NC(=O)/C=C/c1cn(Cc3ccccc3)nn1)C2. The average molecular weight is 377 g/mol. The lowest BCUT2D eigenvalue weighted by molar-refractivity contribution is -0.116. The van der Waals surface area contributed by atoms with Gasteiger partial charge in [0.05, 0.1) is 12.7 Å². The smallest absolute Gasteiger partial charge is 0.264 e. The van der Waals surface area contributed by atoms with E-state index in [9.17, 15) is 4.79 Å². The van der Waals surface area contributed by atoms with Crippen LogP contribution in [0.15, 0.2) is 47.7 Å². The molecule has 0 spiro atoms. The first kappa shape index (κ1) is 18.6. The normalized spacial score (nSPS) is 27.0. The van der Waals surface area contributed by atoms with E-state index >= 15 is 0 Å². The number of benzene rings is 1. The number of nitrogens with zero attached hydrogens (tertiary/aromatic N) is 4. The Morgan fingerprint density at radius 2 is 2.11 bits per heavy atom. The molecule has 2 fully saturated rings. The van der Waals surface area contributed by atoms with Gasteiger partial charge in [-0.3, -0.25) is 4.79 Å². The Morgan fingerprint density at radius 1 is 1.32 bits per heavy atom. The fourth-order valence-corrected chi connectivity index (χ4v) is 4.66. The summed E-state index contributed by atoms with van der Waals surface area (Å²) in [5.74, 6) is 0.428. The van der Waals surface area contributed by atoms with Gasteiger partial charge in [-0.25, -0.2) is 10.1 Å². The van der Waals surface area contributed by atoms with Crippen LogP contribution in [0.3, 0.4) is 0 Å². The van der Waals surface area contributed by atoms with Crippen molar-refractivity contribution < 1.29 is 4.79 Å². The fraction of sp³-hybridized carbons (Fsp3) is 0.455. The van der Waals surface area contributed by atoms with Crippen LogP contribution >= 0.6 is 0 Å². The monoisotopic (exact) mass is 377 g/mol. The molecule has 28 heavy (non-hydrogen) atoms. The molecule has 0 saturated heterocycles. The lowest BCUT2D eigenvalue weighted by atomic mass is 9.70. The molecule has 146 valence electrons. The van der Waals surface area contributed by atoms with E-state index in [0.29, 0.717) is 18.2 Å². The Labute approximate surface area is 165 Å². The molecule has 0 aliphatic heterocycles. The molecule has 6 nitrogen and oxygen atoms in total. The zero-order chi connectivity index (χ0) is 19.8.